The van der Waals surface area contributed by atoms with E-state index >= 15 is 0 Å². The fourth-order valence-corrected chi connectivity index (χ4v) is 3.18. The molecule has 4 rings (SSSR count). The van der Waals surface area contributed by atoms with E-state index in [2.05, 4.69) is 24.8 Å². The summed E-state index contributed by atoms with van der Waals surface area (Å²) in [6, 6.07) is 14.2. The van der Waals surface area contributed by atoms with Gasteiger partial charge in [0.1, 0.15) is 23.2 Å². The van der Waals surface area contributed by atoms with Gasteiger partial charge < -0.3 is 9.15 Å². The summed E-state index contributed by atoms with van der Waals surface area (Å²) in [7, 11) is 0. The molecule has 0 aliphatic carbocycles. The lowest BCUT2D eigenvalue weighted by molar-refractivity contribution is 0.280. The highest BCUT2D eigenvalue weighted by Crippen LogP contribution is 2.46. The van der Waals surface area contributed by atoms with Gasteiger partial charge in [0, 0.05) is 16.7 Å². The Kier molecular flexibility index (Phi) is 2.91. The van der Waals surface area contributed by atoms with Crippen molar-refractivity contribution >= 4 is 16.3 Å². The van der Waals surface area contributed by atoms with Gasteiger partial charge in [0.25, 0.3) is 0 Å². The Hall–Kier alpha value is -2.81. The molecule has 1 aliphatic rings. The maximum absolute atomic E-state index is 12.2. The van der Waals surface area contributed by atoms with Crippen LogP contribution in [0.5, 0.6) is 5.75 Å². The molecule has 1 unspecified atom stereocenters. The van der Waals surface area contributed by atoms with Crippen molar-refractivity contribution in [1.29, 1.82) is 0 Å². The maximum atomic E-state index is 12.2. The topological polar surface area (TPSA) is 39.4 Å². The molecule has 2 aromatic carbocycles. The van der Waals surface area contributed by atoms with Gasteiger partial charge in [0.05, 0.1) is 0 Å². The largest absolute Gasteiger partial charge is 0.480 e. The normalized spacial score (nSPS) is 16.4. The summed E-state index contributed by atoms with van der Waals surface area (Å²) in [5.74, 6) is 1.18. The van der Waals surface area contributed by atoms with Gasteiger partial charge in [-0.2, -0.15) is 0 Å². The van der Waals surface area contributed by atoms with E-state index in [1.165, 1.54) is 0 Å². The van der Waals surface area contributed by atoms with Gasteiger partial charge in [0.15, 0.2) is 0 Å². The number of hydrogen-bond acceptors (Lipinski definition) is 3. The molecule has 2 heterocycles. The van der Waals surface area contributed by atoms with Gasteiger partial charge in [0.2, 0.25) is 0 Å². The van der Waals surface area contributed by atoms with Crippen LogP contribution in [0.4, 0.5) is 0 Å². The van der Waals surface area contributed by atoms with Crippen molar-refractivity contribution in [2.75, 3.05) is 0 Å². The lowest BCUT2D eigenvalue weighted by Crippen LogP contribution is -2.06. The molecule has 0 bridgehead atoms. The zero-order valence-corrected chi connectivity index (χ0v) is 13.1. The van der Waals surface area contributed by atoms with Crippen LogP contribution in [0.2, 0.25) is 0 Å². The second-order valence-electron chi connectivity index (χ2n) is 5.87. The molecule has 0 fully saturated rings. The van der Waals surface area contributed by atoms with E-state index in [9.17, 15) is 4.79 Å². The SMILES string of the molecule is C=C1c2c(c(C)c(C)oc2=O)OC1c1cccc2ccccc12. The van der Waals surface area contributed by atoms with Crippen LogP contribution in [-0.4, -0.2) is 0 Å². The molecule has 0 radical (unpaired) electrons. The predicted molar refractivity (Wildman–Crippen MR) is 90.8 cm³/mol. The van der Waals surface area contributed by atoms with E-state index in [4.69, 9.17) is 9.15 Å². The smallest absolute Gasteiger partial charge is 0.347 e. The number of hydrogen-bond donors (Lipinski definition) is 0. The van der Waals surface area contributed by atoms with Gasteiger partial charge in [-0.3, -0.25) is 0 Å². The number of rotatable bonds is 1. The van der Waals surface area contributed by atoms with Gasteiger partial charge in [-0.25, -0.2) is 4.79 Å². The monoisotopic (exact) mass is 304 g/mol. The predicted octanol–water partition coefficient (Wildman–Crippen LogP) is 4.56. The first kappa shape index (κ1) is 13.8. The molecule has 1 atom stereocenters. The van der Waals surface area contributed by atoms with Gasteiger partial charge in [-0.05, 0) is 24.6 Å². The summed E-state index contributed by atoms with van der Waals surface area (Å²) in [5, 5.41) is 2.24. The molecule has 0 amide bonds. The third-order valence-electron chi connectivity index (χ3n) is 4.52. The van der Waals surface area contributed by atoms with E-state index in [-0.39, 0.29) is 11.7 Å². The van der Waals surface area contributed by atoms with Crippen molar-refractivity contribution in [3.05, 3.63) is 81.9 Å². The molecule has 3 aromatic rings. The van der Waals surface area contributed by atoms with Crippen LogP contribution in [-0.2, 0) is 0 Å². The first-order valence-electron chi connectivity index (χ1n) is 7.55. The first-order valence-corrected chi connectivity index (χ1v) is 7.55. The molecule has 3 nitrogen and oxygen atoms in total. The molecule has 23 heavy (non-hydrogen) atoms. The van der Waals surface area contributed by atoms with E-state index in [1.54, 1.807) is 6.92 Å². The number of benzene rings is 2. The molecule has 1 aliphatic heterocycles. The second-order valence-corrected chi connectivity index (χ2v) is 5.87. The molecule has 0 saturated carbocycles. The summed E-state index contributed by atoms with van der Waals surface area (Å²) in [6.07, 6.45) is -0.362. The van der Waals surface area contributed by atoms with Crippen LogP contribution in [0.25, 0.3) is 16.3 Å². The summed E-state index contributed by atoms with van der Waals surface area (Å²) in [6.45, 7) is 7.78. The van der Waals surface area contributed by atoms with Crippen LogP contribution in [0, 0.1) is 13.8 Å². The molecular weight excluding hydrogens is 288 g/mol. The summed E-state index contributed by atoms with van der Waals surface area (Å²) < 4.78 is 11.4. The Labute approximate surface area is 133 Å². The van der Waals surface area contributed by atoms with Crippen molar-refractivity contribution in [3.8, 4) is 5.75 Å². The van der Waals surface area contributed by atoms with E-state index < -0.39 is 0 Å². The van der Waals surface area contributed by atoms with Crippen molar-refractivity contribution in [3.63, 3.8) is 0 Å². The van der Waals surface area contributed by atoms with Crippen molar-refractivity contribution in [2.24, 2.45) is 0 Å². The van der Waals surface area contributed by atoms with Crippen molar-refractivity contribution < 1.29 is 9.15 Å². The van der Waals surface area contributed by atoms with Crippen molar-refractivity contribution in [1.82, 2.24) is 0 Å². The van der Waals surface area contributed by atoms with Crippen molar-refractivity contribution in [2.45, 2.75) is 20.0 Å². The first-order chi connectivity index (χ1) is 11.1. The standard InChI is InChI=1S/C20H16O3/c1-11-13(3)22-20(21)17-12(2)18(23-19(11)17)16-10-6-8-14-7-4-5-9-15(14)16/h4-10,18H,2H2,1,3H3. The third kappa shape index (κ3) is 1.93. The average molecular weight is 304 g/mol. The number of ether oxygens (including phenoxy) is 1. The fourth-order valence-electron chi connectivity index (χ4n) is 3.18. The second kappa shape index (κ2) is 4.85. The molecule has 3 heteroatoms. The van der Waals surface area contributed by atoms with Gasteiger partial charge >= 0.3 is 5.63 Å². The van der Waals surface area contributed by atoms with E-state index in [0.29, 0.717) is 22.6 Å². The Morgan fingerprint density at radius 3 is 2.61 bits per heavy atom. The molecular formula is C20H16O3. The van der Waals surface area contributed by atoms with Crippen LogP contribution < -0.4 is 10.4 Å². The lowest BCUT2D eigenvalue weighted by atomic mass is 9.95. The summed E-state index contributed by atoms with van der Waals surface area (Å²) >= 11 is 0. The highest BCUT2D eigenvalue weighted by Gasteiger charge is 2.34. The van der Waals surface area contributed by atoms with Gasteiger partial charge in [-0.15, -0.1) is 0 Å². The minimum atomic E-state index is -0.379. The highest BCUT2D eigenvalue weighted by molar-refractivity contribution is 5.89. The molecule has 114 valence electrons. The summed E-state index contributed by atoms with van der Waals surface area (Å²) in [5.41, 5.74) is 2.61. The summed E-state index contributed by atoms with van der Waals surface area (Å²) in [4.78, 5) is 12.2. The number of fused-ring (bicyclic) bond motifs is 2. The minimum Gasteiger partial charge on any atom is -0.480 e. The zero-order chi connectivity index (χ0) is 16.1. The fraction of sp³-hybridized carbons (Fsp3) is 0.150. The van der Waals surface area contributed by atoms with Crippen LogP contribution in [0.1, 0.15) is 28.6 Å². The number of aryl methyl sites for hydroxylation is 1. The Balaban J connectivity index is 1.93. The van der Waals surface area contributed by atoms with E-state index in [1.807, 2.05) is 31.2 Å². The zero-order valence-electron chi connectivity index (χ0n) is 13.1. The quantitative estimate of drug-likeness (QED) is 0.661. The Morgan fingerprint density at radius 1 is 1.04 bits per heavy atom. The van der Waals surface area contributed by atoms with Gasteiger partial charge in [-0.1, -0.05) is 49.0 Å². The van der Waals surface area contributed by atoms with Crippen LogP contribution in [0.3, 0.4) is 0 Å². The lowest BCUT2D eigenvalue weighted by Gasteiger charge is -2.15. The van der Waals surface area contributed by atoms with Crippen LogP contribution >= 0.6 is 0 Å². The minimum absolute atomic E-state index is 0.362. The molecule has 0 saturated heterocycles. The molecule has 0 N–H and O–H groups in total. The van der Waals surface area contributed by atoms with Crippen LogP contribution in [0.15, 0.2) is 58.3 Å². The van der Waals surface area contributed by atoms with E-state index in [0.717, 1.165) is 21.9 Å². The average Bonchev–Trinajstić information content (AvgIpc) is 2.90. The Bertz CT molecular complexity index is 1010. The molecule has 1 aromatic heterocycles. The maximum Gasteiger partial charge on any atom is 0.347 e. The third-order valence-corrected chi connectivity index (χ3v) is 4.52. The molecule has 0 spiro atoms. The highest BCUT2D eigenvalue weighted by atomic mass is 16.5. The Morgan fingerprint density at radius 2 is 1.78 bits per heavy atom.